The zero-order valence-electron chi connectivity index (χ0n) is 65.7. The number of pyridine rings is 5. The molecule has 20 aromatic rings. The van der Waals surface area contributed by atoms with Gasteiger partial charge < -0.3 is 73.8 Å². The second-order valence-electron chi connectivity index (χ2n) is 23.9. The molecule has 0 N–H and O–H groups in total. The molecular formula is C90H74F11Ir5N27O2-10. The number of nitrogens with zero attached hydrogens (tertiary/aromatic N) is 27. The van der Waals surface area contributed by atoms with Gasteiger partial charge in [-0.05, 0) is 125 Å². The van der Waals surface area contributed by atoms with Crippen LogP contribution in [0.5, 0.6) is 0 Å². The van der Waals surface area contributed by atoms with Crippen molar-refractivity contribution in [1.82, 2.24) is 130 Å². The Kier molecular flexibility index (Phi) is 54.7. The summed E-state index contributed by atoms with van der Waals surface area (Å²) in [5.74, 6) is -4.38. The Bertz CT molecular complexity index is 5820. The Hall–Kier alpha value is -14.2. The quantitative estimate of drug-likeness (QED) is 0.0502. The summed E-state index contributed by atoms with van der Waals surface area (Å²) in [6, 6.07) is 58.2. The normalized spacial score (nSPS) is 9.39. The third-order valence-corrected chi connectivity index (χ3v) is 15.4. The molecule has 20 rings (SSSR count). The van der Waals surface area contributed by atoms with Crippen molar-refractivity contribution in [3.05, 3.63) is 422 Å². The minimum absolute atomic E-state index is 0. The van der Waals surface area contributed by atoms with Gasteiger partial charge in [0.2, 0.25) is 0 Å². The zero-order valence-corrected chi connectivity index (χ0v) is 77.6. The van der Waals surface area contributed by atoms with Crippen LogP contribution in [0.25, 0.3) is 85.4 Å². The van der Waals surface area contributed by atoms with E-state index in [4.69, 9.17) is 0 Å². The van der Waals surface area contributed by atoms with Crippen LogP contribution >= 0.6 is 0 Å². The van der Waals surface area contributed by atoms with Crippen LogP contribution in [0.3, 0.4) is 0 Å². The number of halogens is 11. The van der Waals surface area contributed by atoms with Crippen molar-refractivity contribution in [2.45, 2.75) is 44.1 Å². The van der Waals surface area contributed by atoms with E-state index in [9.17, 15) is 58.4 Å². The maximum absolute atomic E-state index is 13.2. The van der Waals surface area contributed by atoms with Crippen LogP contribution in [-0.2, 0) is 101 Å². The average molecular weight is 2740 g/mol. The second kappa shape index (κ2) is 62.2. The molecule has 0 atom stereocenters. The van der Waals surface area contributed by atoms with Gasteiger partial charge in [0.25, 0.3) is 5.69 Å². The molecule has 45 heteroatoms. The van der Waals surface area contributed by atoms with Gasteiger partial charge >= 0.3 is 0 Å². The molecule has 5 aromatic carbocycles. The Labute approximate surface area is 834 Å². The molecule has 0 amide bonds. The first-order valence-corrected chi connectivity index (χ1v) is 35.7. The van der Waals surface area contributed by atoms with E-state index >= 15 is 0 Å². The molecular weight excluding hydrogens is 2660 g/mol. The predicted molar refractivity (Wildman–Crippen MR) is 458 cm³/mol. The molecule has 29 nitrogen and oxygen atoms in total. The third kappa shape index (κ3) is 36.3. The average Bonchev–Trinajstić information content (AvgIpc) is 0.979. The number of hydrogen-bond acceptors (Lipinski definition) is 18. The first-order valence-electron chi connectivity index (χ1n) is 35.7. The van der Waals surface area contributed by atoms with Gasteiger partial charge in [0.15, 0.2) is 0 Å². The monoisotopic (exact) mass is 2740 g/mol. The molecule has 0 aliphatic heterocycles. The van der Waals surface area contributed by atoms with Gasteiger partial charge in [-0.15, -0.1) is 60.7 Å². The van der Waals surface area contributed by atoms with E-state index in [2.05, 4.69) is 137 Å². The molecule has 135 heavy (non-hydrogen) atoms. The molecule has 0 aliphatic rings. The van der Waals surface area contributed by atoms with E-state index in [-0.39, 0.29) is 183 Å². The summed E-state index contributed by atoms with van der Waals surface area (Å²) in [6.07, 6.45) is 31.2. The first kappa shape index (κ1) is 119. The van der Waals surface area contributed by atoms with E-state index in [1.54, 1.807) is 216 Å². The van der Waals surface area contributed by atoms with Crippen molar-refractivity contribution in [3.8, 4) is 85.4 Å². The molecule has 15 aromatic heterocycles. The van der Waals surface area contributed by atoms with Crippen LogP contribution in [0.2, 0.25) is 0 Å². The van der Waals surface area contributed by atoms with Crippen LogP contribution in [0, 0.1) is 111 Å². The summed E-state index contributed by atoms with van der Waals surface area (Å²) in [5.41, 5.74) is 4.07. The van der Waals surface area contributed by atoms with Gasteiger partial charge in [0.1, 0.15) is 18.3 Å². The van der Waals surface area contributed by atoms with Crippen molar-refractivity contribution in [2.75, 3.05) is 0 Å². The van der Waals surface area contributed by atoms with Gasteiger partial charge in [-0.3, -0.25) is 99.9 Å². The van der Waals surface area contributed by atoms with Gasteiger partial charge in [-0.2, -0.15) is 0 Å². The van der Waals surface area contributed by atoms with Gasteiger partial charge in [-0.25, -0.2) is 14.5 Å². The SMILES string of the molecule is C.C.C.C.C.Cc1cn[n-]c1-n1cccn1.Fc1c[c-]c(-c2ccccn2)c(F)c1.Fc1c[c-]c(-c2ccccn2)c(F)c1.Fc1c[c-]c(-c2ccccn2)c(F)c1.Fc1c[c-]c(-c2ccccn2)c(F)c1.Fc1c[c-]c(-c2ccccn2)c(F)c1.Fc1cn[n-]c1-n1cccn1.O=[N+]([O-])c1cn[n-]c1-n1cccn1.[Ir].[Ir].[Ir].[Ir].[Ir].c1cc(-n2cncn2)[n-]n1.c1cnn(-c2ccn[n-]2)c1. The van der Waals surface area contributed by atoms with Crippen molar-refractivity contribution >= 4 is 5.69 Å². The fourth-order valence-electron chi connectivity index (χ4n) is 9.84. The Morgan fingerprint density at radius 1 is 0.311 bits per heavy atom. The Morgan fingerprint density at radius 3 is 0.859 bits per heavy atom. The topological polar surface area (TPSA) is 345 Å². The zero-order chi connectivity index (χ0) is 88.1. The van der Waals surface area contributed by atoms with Gasteiger partial charge in [-0.1, -0.05) is 181 Å². The molecule has 0 fully saturated rings. The predicted octanol–water partition coefficient (Wildman–Crippen LogP) is 18.2. The number of aryl methyl sites for hydroxylation is 1. The largest absolute Gasteiger partial charge is 0.356 e. The smallest absolute Gasteiger partial charge is 0.289 e. The van der Waals surface area contributed by atoms with Gasteiger partial charge in [0.05, 0.1) is 16.9 Å². The van der Waals surface area contributed by atoms with Crippen LogP contribution < -0.4 is 25.5 Å². The molecule has 713 valence electrons. The molecule has 0 spiro atoms. The maximum atomic E-state index is 13.2. The molecule has 15 heterocycles. The standard InChI is InChI=1S/5C11H6F2N.C7H7N4.C6H4FN4.C6H4N5O2.C6H5N4.C5H4N5.5CH4.5Ir/c5*12-8-4-5-9(10(13)7-8)11-3-1-2-6-14-11;1-6-5-8-10-7(6)11-4-2-3-9-11;7-5-4-8-10-6(5)11-3-1-2-9-11;12-11(13)5-4-7-9-6(5)10-3-1-2-8-10;1-3-8-10(5-1)6-2-4-7-9-6;1-2-7-9-5(1)10-4-6-3-8-10;;;;;;;;;;/h5*1-4,6-7H;2-5H,1H3;1-4H;1-4H;1-5H;1-4H;5*1H4;;;;;/q10*-1;;;;;;;;;;. The minimum Gasteiger partial charge on any atom is -0.356 e. The fraction of sp³-hybridized carbons (Fsp3) is 0.0667. The summed E-state index contributed by atoms with van der Waals surface area (Å²) in [7, 11) is 0. The number of hydrogen-bond donors (Lipinski definition) is 0. The maximum Gasteiger partial charge on any atom is 0.289 e. The van der Waals surface area contributed by atoms with Crippen molar-refractivity contribution in [3.63, 3.8) is 0 Å². The fourth-order valence-corrected chi connectivity index (χ4v) is 9.84. The summed E-state index contributed by atoms with van der Waals surface area (Å²) in [6.45, 7) is 1.96. The van der Waals surface area contributed by atoms with Gasteiger partial charge in [0, 0.05) is 245 Å². The summed E-state index contributed by atoms with van der Waals surface area (Å²) in [5, 5.41) is 66.5. The number of nitro groups is 1. The van der Waals surface area contributed by atoms with Crippen molar-refractivity contribution in [1.29, 1.82) is 0 Å². The van der Waals surface area contributed by atoms with E-state index in [0.717, 1.165) is 90.3 Å². The van der Waals surface area contributed by atoms with Crippen molar-refractivity contribution in [2.24, 2.45) is 0 Å². The van der Waals surface area contributed by atoms with Crippen LogP contribution in [0.4, 0.5) is 54.0 Å². The van der Waals surface area contributed by atoms with Crippen LogP contribution in [0.1, 0.15) is 42.7 Å². The molecule has 0 aliphatic carbocycles. The molecule has 0 saturated heterocycles. The first-order chi connectivity index (χ1) is 60.8. The number of benzene rings is 5. The molecule has 0 bridgehead atoms. The Balaban J connectivity index is 0.000000745. The van der Waals surface area contributed by atoms with Crippen LogP contribution in [0.15, 0.2) is 312 Å². The third-order valence-electron chi connectivity index (χ3n) is 15.4. The van der Waals surface area contributed by atoms with E-state index in [0.29, 0.717) is 34.3 Å². The second-order valence-corrected chi connectivity index (χ2v) is 23.9. The minimum atomic E-state index is -0.649. The molecule has 5 radical (unpaired) electrons. The number of rotatable bonds is 11. The number of aromatic nitrogens is 26. The summed E-state index contributed by atoms with van der Waals surface area (Å²) >= 11 is 0. The Morgan fingerprint density at radius 2 is 0.607 bits per heavy atom. The summed E-state index contributed by atoms with van der Waals surface area (Å²) in [4.78, 5) is 33.4. The molecule has 0 unspecified atom stereocenters. The van der Waals surface area contributed by atoms with E-state index in [1.807, 2.05) is 31.5 Å². The van der Waals surface area contributed by atoms with Crippen molar-refractivity contribution < 1.29 is 154 Å². The summed E-state index contributed by atoms with van der Waals surface area (Å²) < 4.78 is 149. The van der Waals surface area contributed by atoms with E-state index in [1.165, 1.54) is 21.9 Å². The van der Waals surface area contributed by atoms with Crippen LogP contribution in [-0.4, -0.2) is 109 Å². The van der Waals surface area contributed by atoms with E-state index < -0.39 is 68.9 Å². The molecule has 0 saturated carbocycles.